The molecular formula is C13H17BrClNO3S. The molecule has 1 aromatic rings. The van der Waals surface area contributed by atoms with Gasteiger partial charge in [0.05, 0.1) is 17.4 Å². The Bertz CT molecular complexity index is 585. The molecule has 0 bridgehead atoms. The average Bonchev–Trinajstić information content (AvgIpc) is 2.77. The molecule has 2 N–H and O–H groups in total. The van der Waals surface area contributed by atoms with Gasteiger partial charge in [-0.1, -0.05) is 40.4 Å². The molecule has 7 heteroatoms. The zero-order chi connectivity index (χ0) is 14.8. The first-order chi connectivity index (χ1) is 9.30. The van der Waals surface area contributed by atoms with Crippen molar-refractivity contribution in [1.29, 1.82) is 0 Å². The predicted molar refractivity (Wildman–Crippen MR) is 83.5 cm³/mol. The van der Waals surface area contributed by atoms with E-state index in [-0.39, 0.29) is 11.2 Å². The molecule has 2 rings (SSSR count). The van der Waals surface area contributed by atoms with Crippen molar-refractivity contribution in [3.63, 3.8) is 0 Å². The third-order valence-electron chi connectivity index (χ3n) is 3.60. The second-order valence-electron chi connectivity index (χ2n) is 5.38. The lowest BCUT2D eigenvalue weighted by Gasteiger charge is -2.28. The van der Waals surface area contributed by atoms with Crippen molar-refractivity contribution >= 4 is 37.6 Å². The van der Waals surface area contributed by atoms with Gasteiger partial charge in [-0.2, -0.15) is 0 Å². The maximum Gasteiger partial charge on any atom is 0.209 e. The van der Waals surface area contributed by atoms with E-state index in [1.165, 1.54) is 0 Å². The number of primary sulfonamides is 1. The van der Waals surface area contributed by atoms with E-state index in [9.17, 15) is 8.42 Å². The largest absolute Gasteiger partial charge is 0.491 e. The van der Waals surface area contributed by atoms with Crippen molar-refractivity contribution in [2.24, 2.45) is 10.6 Å². The van der Waals surface area contributed by atoms with E-state index in [1.54, 1.807) is 12.1 Å². The highest BCUT2D eigenvalue weighted by Gasteiger charge is 2.38. The monoisotopic (exact) mass is 381 g/mol. The number of benzene rings is 1. The summed E-state index contributed by atoms with van der Waals surface area (Å²) in [5.74, 6) is 0.521. The molecule has 0 aromatic heterocycles. The summed E-state index contributed by atoms with van der Waals surface area (Å²) in [7, 11) is -3.51. The molecule has 1 saturated carbocycles. The van der Waals surface area contributed by atoms with Gasteiger partial charge in [-0.25, -0.2) is 13.6 Å². The minimum atomic E-state index is -3.51. The molecule has 1 fully saturated rings. The van der Waals surface area contributed by atoms with Crippen LogP contribution in [0.4, 0.5) is 0 Å². The minimum absolute atomic E-state index is 0.0361. The topological polar surface area (TPSA) is 69.4 Å². The molecular weight excluding hydrogens is 366 g/mol. The quantitative estimate of drug-likeness (QED) is 0.849. The third kappa shape index (κ3) is 4.35. The molecule has 112 valence electrons. The first kappa shape index (κ1) is 16.1. The molecule has 1 aliphatic rings. The van der Waals surface area contributed by atoms with E-state index in [1.807, 2.05) is 6.07 Å². The van der Waals surface area contributed by atoms with E-state index < -0.39 is 10.0 Å². The van der Waals surface area contributed by atoms with Crippen LogP contribution in [0.15, 0.2) is 22.7 Å². The molecule has 1 aliphatic carbocycles. The lowest BCUT2D eigenvalue weighted by atomic mass is 9.90. The molecule has 0 unspecified atom stereocenters. The van der Waals surface area contributed by atoms with Crippen molar-refractivity contribution in [1.82, 2.24) is 0 Å². The molecule has 4 nitrogen and oxygen atoms in total. The van der Waals surface area contributed by atoms with Crippen LogP contribution in [0, 0.1) is 5.41 Å². The summed E-state index contributed by atoms with van der Waals surface area (Å²) in [6, 6.07) is 5.34. The molecule has 0 saturated heterocycles. The Morgan fingerprint density at radius 3 is 2.60 bits per heavy atom. The van der Waals surface area contributed by atoms with Crippen LogP contribution < -0.4 is 9.88 Å². The minimum Gasteiger partial charge on any atom is -0.491 e. The number of ether oxygens (including phenoxy) is 1. The Kier molecular flexibility index (Phi) is 5.00. The Hall–Kier alpha value is -0.300. The van der Waals surface area contributed by atoms with Crippen molar-refractivity contribution in [3.8, 4) is 5.75 Å². The second kappa shape index (κ2) is 6.22. The summed E-state index contributed by atoms with van der Waals surface area (Å²) in [6.07, 6.45) is 3.64. The molecule has 0 aliphatic heterocycles. The van der Waals surface area contributed by atoms with E-state index >= 15 is 0 Å². The zero-order valence-electron chi connectivity index (χ0n) is 10.9. The van der Waals surface area contributed by atoms with Gasteiger partial charge >= 0.3 is 0 Å². The molecule has 0 amide bonds. The second-order valence-corrected chi connectivity index (χ2v) is 8.31. The maximum absolute atomic E-state index is 11.4. The normalized spacial score (nSPS) is 18.1. The van der Waals surface area contributed by atoms with Crippen LogP contribution in [0.2, 0.25) is 5.02 Å². The van der Waals surface area contributed by atoms with Gasteiger partial charge in [0.15, 0.2) is 0 Å². The third-order valence-corrected chi connectivity index (χ3v) is 5.42. The molecule has 1 aromatic carbocycles. The van der Waals surface area contributed by atoms with Crippen LogP contribution in [0.1, 0.15) is 25.7 Å². The number of nitrogens with two attached hydrogens (primary N) is 1. The van der Waals surface area contributed by atoms with Crippen LogP contribution in [-0.4, -0.2) is 20.8 Å². The van der Waals surface area contributed by atoms with E-state index in [2.05, 4.69) is 15.9 Å². The van der Waals surface area contributed by atoms with E-state index in [0.717, 1.165) is 30.2 Å². The number of sulfonamides is 1. The van der Waals surface area contributed by atoms with Gasteiger partial charge in [-0.3, -0.25) is 0 Å². The van der Waals surface area contributed by atoms with Gasteiger partial charge in [-0.05, 0) is 31.0 Å². The van der Waals surface area contributed by atoms with Crippen LogP contribution in [0.3, 0.4) is 0 Å². The van der Waals surface area contributed by atoms with Gasteiger partial charge < -0.3 is 4.74 Å². The Morgan fingerprint density at radius 2 is 2.00 bits per heavy atom. The van der Waals surface area contributed by atoms with Crippen molar-refractivity contribution in [2.45, 2.75) is 25.7 Å². The first-order valence-electron chi connectivity index (χ1n) is 6.38. The molecule has 0 atom stereocenters. The molecule has 0 radical (unpaired) electrons. The molecule has 0 heterocycles. The van der Waals surface area contributed by atoms with Crippen molar-refractivity contribution in [2.75, 3.05) is 12.4 Å². The zero-order valence-corrected chi connectivity index (χ0v) is 14.1. The number of halogens is 2. The van der Waals surface area contributed by atoms with Crippen LogP contribution >= 0.6 is 27.5 Å². The number of hydrogen-bond donors (Lipinski definition) is 1. The fourth-order valence-electron chi connectivity index (χ4n) is 2.70. The predicted octanol–water partition coefficient (Wildman–Crippen LogP) is 3.33. The van der Waals surface area contributed by atoms with Crippen LogP contribution in [0.5, 0.6) is 5.75 Å². The van der Waals surface area contributed by atoms with Gasteiger partial charge in [-0.15, -0.1) is 0 Å². The summed E-state index contributed by atoms with van der Waals surface area (Å²) in [6.45, 7) is 0.319. The van der Waals surface area contributed by atoms with Gasteiger partial charge in [0.2, 0.25) is 10.0 Å². The lowest BCUT2D eigenvalue weighted by Crippen LogP contribution is -2.36. The molecule has 20 heavy (non-hydrogen) atoms. The highest BCUT2D eigenvalue weighted by Crippen LogP contribution is 2.40. The van der Waals surface area contributed by atoms with Crippen LogP contribution in [0.25, 0.3) is 0 Å². The van der Waals surface area contributed by atoms with Crippen LogP contribution in [-0.2, 0) is 10.0 Å². The van der Waals surface area contributed by atoms with Gasteiger partial charge in [0.1, 0.15) is 5.75 Å². The van der Waals surface area contributed by atoms with Gasteiger partial charge in [0, 0.05) is 9.89 Å². The highest BCUT2D eigenvalue weighted by molar-refractivity contribution is 9.10. The smallest absolute Gasteiger partial charge is 0.209 e. The highest BCUT2D eigenvalue weighted by atomic mass is 79.9. The Labute approximate surface area is 132 Å². The SMILES string of the molecule is NS(=O)(=O)CC1(COc2cc(Br)ccc2Cl)CCCC1. The first-order valence-corrected chi connectivity index (χ1v) is 9.27. The standard InChI is InChI=1S/C13H17BrClNO3S/c14-10-3-4-11(15)12(7-10)19-8-13(5-1-2-6-13)9-20(16,17)18/h3-4,7H,1-2,5-6,8-9H2,(H2,16,17,18). The summed E-state index contributed by atoms with van der Waals surface area (Å²) >= 11 is 9.43. The summed E-state index contributed by atoms with van der Waals surface area (Å²) in [4.78, 5) is 0. The Balaban J connectivity index is 2.11. The molecule has 0 spiro atoms. The van der Waals surface area contributed by atoms with Crippen molar-refractivity contribution < 1.29 is 13.2 Å². The number of rotatable bonds is 5. The average molecular weight is 383 g/mol. The number of hydrogen-bond acceptors (Lipinski definition) is 3. The summed E-state index contributed by atoms with van der Waals surface area (Å²) < 4.78 is 29.5. The van der Waals surface area contributed by atoms with E-state index in [0.29, 0.717) is 17.4 Å². The van der Waals surface area contributed by atoms with Gasteiger partial charge in [0.25, 0.3) is 0 Å². The lowest BCUT2D eigenvalue weighted by molar-refractivity contribution is 0.170. The maximum atomic E-state index is 11.4. The van der Waals surface area contributed by atoms with Crippen molar-refractivity contribution in [3.05, 3.63) is 27.7 Å². The van der Waals surface area contributed by atoms with E-state index in [4.69, 9.17) is 21.5 Å². The fourth-order valence-corrected chi connectivity index (χ4v) is 4.44. The Morgan fingerprint density at radius 1 is 1.35 bits per heavy atom. The summed E-state index contributed by atoms with van der Waals surface area (Å²) in [5, 5.41) is 5.72. The fraction of sp³-hybridized carbons (Fsp3) is 0.538. The summed E-state index contributed by atoms with van der Waals surface area (Å²) in [5.41, 5.74) is -0.390.